The molecule has 2 fully saturated rings. The van der Waals surface area contributed by atoms with Crippen LogP contribution in [-0.2, 0) is 56.8 Å². The van der Waals surface area contributed by atoms with Crippen molar-refractivity contribution in [2.45, 2.75) is 244 Å². The van der Waals surface area contributed by atoms with Crippen molar-refractivity contribution in [2.24, 2.45) is 52.3 Å². The minimum absolute atomic E-state index is 0.0169. The number of ether oxygens (including phenoxy) is 5. The molecule has 0 amide bonds. The number of aryl methyl sites for hydroxylation is 2. The number of halogens is 1. The Morgan fingerprint density at radius 1 is 0.423 bits per heavy atom. The van der Waals surface area contributed by atoms with Crippen molar-refractivity contribution in [2.75, 3.05) is 59.7 Å². The van der Waals surface area contributed by atoms with Crippen LogP contribution in [0.25, 0.3) is 22.2 Å². The van der Waals surface area contributed by atoms with Gasteiger partial charge in [-0.1, -0.05) is 315 Å². The zero-order valence-corrected chi connectivity index (χ0v) is 95.1. The van der Waals surface area contributed by atoms with Crippen molar-refractivity contribution >= 4 is 111 Å². The van der Waals surface area contributed by atoms with E-state index in [9.17, 15) is 55.2 Å². The highest BCUT2D eigenvalue weighted by atomic mass is 35.5. The van der Waals surface area contributed by atoms with Crippen LogP contribution in [0.4, 0.5) is 5.69 Å². The number of nitrogens with zero attached hydrogens (tertiary/aromatic N) is 4. The summed E-state index contributed by atoms with van der Waals surface area (Å²) in [5.41, 5.74) is 13.8. The van der Waals surface area contributed by atoms with Crippen molar-refractivity contribution in [3.8, 4) is 40.0 Å². The van der Waals surface area contributed by atoms with Crippen LogP contribution in [0, 0.1) is 61.2 Å². The zero-order chi connectivity index (χ0) is 110. The Kier molecular flexibility index (Phi) is 51.1. The number of hydrogen-bond donors (Lipinski definition) is 0. The van der Waals surface area contributed by atoms with Crippen molar-refractivity contribution in [1.82, 2.24) is 13.6 Å². The molecule has 0 N–H and O–H groups in total. The SMILES string of the molecule is CC(C)C(=O)COc1ccc(C(C)(C)C)cc1.CC(C)C(=O)c1cc(-c2ccccc2)nc2ccccc12.CC(C)C(=O)c1ccc(CSC2=Nc3ccccc3C2)cc1.CC(C)C(=O)c1cccc(S(=O)(=O)N2CCCCC2)c1.CC(C)C(=O)c1cccc(S(=O)(=O)N2CCCCC2)c1.COc1ccc(OCC(=O)C(C)C)cc1.Cc1cc(C(C)C)ccc1OCC(=O)C(C)C.Cc1ccc(OCCCC(=O)C(C)C)c(Cl)c1. The largest absolute Gasteiger partial charge is 0.497 e. The molecule has 0 bridgehead atoms. The minimum atomic E-state index is -3.46. The summed E-state index contributed by atoms with van der Waals surface area (Å²) in [7, 11) is -5.32. The number of sulfonamides is 2. The van der Waals surface area contributed by atoms with E-state index in [0.29, 0.717) is 72.8 Å². The highest BCUT2D eigenvalue weighted by Gasteiger charge is 2.30. The molecule has 11 aromatic rings. The van der Waals surface area contributed by atoms with E-state index >= 15 is 0 Å². The first-order valence-corrected chi connectivity index (χ1v) is 56.2. The van der Waals surface area contributed by atoms with Gasteiger partial charge in [0.2, 0.25) is 20.0 Å². The van der Waals surface area contributed by atoms with Crippen LogP contribution < -0.4 is 23.7 Å². The normalized spacial score (nSPS) is 13.0. The van der Waals surface area contributed by atoms with Gasteiger partial charge in [-0.25, -0.2) is 26.8 Å². The number of aliphatic imine (C=N–C) groups is 1. The standard InChI is InChI=1S/C19H19NOS.C19H17NO.2C15H21NO3S.2C15H22O2.C14H19ClO2.C12H16O3/c1-13(2)19(21)15-9-7-14(8-10-15)12-22-18-11-16-5-3-4-6-17(16)20-18;1-13(2)19(21)16-12-18(14-8-4-3-5-9-14)20-17-11-7-6-10-15(16)17;2*1-12(2)15(17)13-7-6-8-14(11-13)20(18,19)16-9-4-3-5-10-16;1-11(2)14(16)10-17-13-8-6-12(7-9-13)15(3,4)5;1-10(2)13-6-7-15(12(5)8-13)17-9-14(16)11(3)4;1-10(2)13(16)5-4-8-17-14-7-6-11(3)9-12(14)15;1-9(2)12(13)8-15-11-6-4-10(14-3)5-7-11/h3-10,13H,11-12H2,1-2H3;3-13H,1-2H3;2*6-8,11-12H,3-5,9-10H2,1-2H3;6-9,11H,10H2,1-5H3;6-8,10-11H,9H2,1-5H3;6-7,9-10H,4-5,8H2,1-3H3;4-7,9H,8H2,1-3H3. The average molecular weight is 2110 g/mol. The Bertz CT molecular complexity index is 6350. The Labute approximate surface area is 896 Å². The highest BCUT2D eigenvalue weighted by Crippen LogP contribution is 2.35. The summed E-state index contributed by atoms with van der Waals surface area (Å²) < 4.78 is 80.1. The van der Waals surface area contributed by atoms with E-state index in [-0.39, 0.29) is 129 Å². The van der Waals surface area contributed by atoms with Gasteiger partial charge in [-0.05, 0) is 188 Å². The maximum atomic E-state index is 12.5. The fraction of sp³-hybridized carbons (Fsp3) is 0.419. The lowest BCUT2D eigenvalue weighted by atomic mass is 9.87. The molecular weight excluding hydrogens is 1950 g/mol. The van der Waals surface area contributed by atoms with Crippen LogP contribution >= 0.6 is 23.4 Å². The van der Waals surface area contributed by atoms with Crippen LogP contribution in [0.2, 0.25) is 5.02 Å². The molecule has 3 aliphatic rings. The number of aromatic nitrogens is 1. The number of fused-ring (bicyclic) bond motifs is 2. The molecule has 2 saturated heterocycles. The predicted molar refractivity (Wildman–Crippen MR) is 607 cm³/mol. The molecule has 0 saturated carbocycles. The molecule has 800 valence electrons. The lowest BCUT2D eigenvalue weighted by Gasteiger charge is -2.26. The second kappa shape index (κ2) is 61.4. The van der Waals surface area contributed by atoms with Crippen LogP contribution in [-0.4, -0.2) is 141 Å². The number of pyridine rings is 1. The number of rotatable bonds is 35. The molecule has 21 nitrogen and oxygen atoms in total. The van der Waals surface area contributed by atoms with Gasteiger partial charge in [0.25, 0.3) is 0 Å². The zero-order valence-electron chi connectivity index (χ0n) is 91.8. The lowest BCUT2D eigenvalue weighted by Crippen LogP contribution is -2.35. The van der Waals surface area contributed by atoms with E-state index < -0.39 is 20.0 Å². The number of para-hydroxylation sites is 2. The number of piperidine rings is 2. The van der Waals surface area contributed by atoms with Gasteiger partial charge in [-0.3, -0.25) is 38.4 Å². The molecule has 0 spiro atoms. The van der Waals surface area contributed by atoms with E-state index in [0.717, 1.165) is 124 Å². The van der Waals surface area contributed by atoms with Crippen LogP contribution in [0.5, 0.6) is 28.7 Å². The molecule has 149 heavy (non-hydrogen) atoms. The van der Waals surface area contributed by atoms with Crippen LogP contribution in [0.1, 0.15) is 277 Å². The van der Waals surface area contributed by atoms with Gasteiger partial charge in [0.15, 0.2) is 40.5 Å². The monoisotopic (exact) mass is 2110 g/mol. The number of carbonyl (C=O) groups is 8. The van der Waals surface area contributed by atoms with Gasteiger partial charge < -0.3 is 23.7 Å². The number of benzene rings is 10. The summed E-state index contributed by atoms with van der Waals surface area (Å²) >= 11 is 7.81. The summed E-state index contributed by atoms with van der Waals surface area (Å²) in [6.45, 7) is 48.2. The molecule has 3 aliphatic heterocycles. The van der Waals surface area contributed by atoms with Crippen LogP contribution in [0.3, 0.4) is 0 Å². The number of methoxy groups -OCH3 is 1. The summed E-state index contributed by atoms with van der Waals surface area (Å²) in [4.78, 5) is 104. The molecule has 4 heterocycles. The first kappa shape index (κ1) is 124. The van der Waals surface area contributed by atoms with Gasteiger partial charge >= 0.3 is 0 Å². The first-order chi connectivity index (χ1) is 70.5. The fourth-order valence-corrected chi connectivity index (χ4v) is 19.4. The molecule has 1 aromatic heterocycles. The molecule has 0 atom stereocenters. The maximum absolute atomic E-state index is 12.5. The molecule has 10 aromatic carbocycles. The number of thioether (sulfide) groups is 1. The lowest BCUT2D eigenvalue weighted by molar-refractivity contribution is -0.124. The Morgan fingerprint density at radius 3 is 1.34 bits per heavy atom. The number of hydrogen-bond acceptors (Lipinski definition) is 20. The Morgan fingerprint density at radius 2 is 0.879 bits per heavy atom. The third-order valence-electron chi connectivity index (χ3n) is 24.8. The molecule has 0 radical (unpaired) electrons. The van der Waals surface area contributed by atoms with E-state index in [1.54, 1.807) is 79.5 Å². The Balaban J connectivity index is 0.000000231. The van der Waals surface area contributed by atoms with Gasteiger partial charge in [0, 0.05) is 125 Å². The first-order valence-electron chi connectivity index (χ1n) is 51.9. The van der Waals surface area contributed by atoms with Gasteiger partial charge in [-0.2, -0.15) is 8.61 Å². The third kappa shape index (κ3) is 40.7. The topological polar surface area (TPSA) is 283 Å². The average Bonchev–Trinajstić information content (AvgIpc) is 0.998. The summed E-state index contributed by atoms with van der Waals surface area (Å²) in [5, 5.41) is 2.72. The van der Waals surface area contributed by atoms with Crippen molar-refractivity contribution in [3.63, 3.8) is 0 Å². The quantitative estimate of drug-likeness (QED) is 0.0263. The predicted octanol–water partition coefficient (Wildman–Crippen LogP) is 28.8. The Hall–Kier alpha value is -11.9. The van der Waals surface area contributed by atoms with E-state index in [1.807, 2.05) is 252 Å². The van der Waals surface area contributed by atoms with E-state index in [1.165, 1.54) is 48.0 Å². The van der Waals surface area contributed by atoms with Gasteiger partial charge in [0.1, 0.15) is 54.4 Å². The maximum Gasteiger partial charge on any atom is 0.243 e. The van der Waals surface area contributed by atoms with E-state index in [4.69, 9.17) is 40.3 Å². The summed E-state index contributed by atoms with van der Waals surface area (Å²) in [6.07, 6.45) is 8.03. The second-order valence-corrected chi connectivity index (χ2v) is 46.5. The third-order valence-corrected chi connectivity index (χ3v) is 29.9. The van der Waals surface area contributed by atoms with Gasteiger partial charge in [-0.15, -0.1) is 11.8 Å². The van der Waals surface area contributed by atoms with Crippen LogP contribution in [0.15, 0.2) is 257 Å². The molecule has 0 aliphatic carbocycles. The minimum Gasteiger partial charge on any atom is -0.497 e. The fourth-order valence-electron chi connectivity index (χ4n) is 15.0. The van der Waals surface area contributed by atoms with Crippen molar-refractivity contribution in [1.29, 1.82) is 0 Å². The second-order valence-electron chi connectivity index (χ2n) is 41.2. The number of carbonyl (C=O) groups excluding carboxylic acids is 8. The highest BCUT2D eigenvalue weighted by molar-refractivity contribution is 8.13. The number of Topliss-reactive ketones (excluding diaryl/α,β-unsaturated/α-hetero) is 8. The van der Waals surface area contributed by atoms with E-state index in [2.05, 4.69) is 82.1 Å². The molecule has 25 heteroatoms. The molecule has 14 rings (SSSR count). The summed E-state index contributed by atoms with van der Waals surface area (Å²) in [6, 6.07) is 75.7. The molecular formula is C124H157ClN4O17S3. The number of ketones is 8. The molecule has 0 unspecified atom stereocenters. The summed E-state index contributed by atoms with van der Waals surface area (Å²) in [5.74, 6) is 6.01. The van der Waals surface area contributed by atoms with Crippen molar-refractivity contribution in [3.05, 3.63) is 303 Å². The van der Waals surface area contributed by atoms with Gasteiger partial charge in [0.05, 0.1) is 50.5 Å². The van der Waals surface area contributed by atoms with Crippen molar-refractivity contribution < 1.29 is 78.9 Å². The smallest absolute Gasteiger partial charge is 0.243 e.